The molecule has 0 aliphatic rings. The lowest BCUT2D eigenvalue weighted by Crippen LogP contribution is -2.22. The van der Waals surface area contributed by atoms with E-state index in [9.17, 15) is 13.6 Å². The van der Waals surface area contributed by atoms with Crippen LogP contribution in [0, 0.1) is 24.0 Å². The van der Waals surface area contributed by atoms with Crippen LogP contribution in [0.1, 0.15) is 11.1 Å². The molecule has 3 nitrogen and oxygen atoms in total. The van der Waals surface area contributed by atoms with E-state index in [2.05, 4.69) is 11.0 Å². The third-order valence-electron chi connectivity index (χ3n) is 3.45. The molecule has 0 bridgehead atoms. The van der Waals surface area contributed by atoms with Gasteiger partial charge in [0.1, 0.15) is 11.6 Å². The second kappa shape index (κ2) is 6.47. The SMILES string of the molecule is C#Cc1cccc(Cn2nc(-c3cc(F)cc(F)c3)ccc2=O)c1. The molecular formula is C19H12F2N2O. The summed E-state index contributed by atoms with van der Waals surface area (Å²) < 4.78 is 28.0. The molecule has 24 heavy (non-hydrogen) atoms. The van der Waals surface area contributed by atoms with Gasteiger partial charge in [-0.05, 0) is 35.9 Å². The molecule has 0 aliphatic carbocycles. The van der Waals surface area contributed by atoms with Gasteiger partial charge in [-0.2, -0.15) is 5.10 Å². The number of nitrogens with zero attached hydrogens (tertiary/aromatic N) is 2. The van der Waals surface area contributed by atoms with Gasteiger partial charge in [-0.3, -0.25) is 4.79 Å². The summed E-state index contributed by atoms with van der Waals surface area (Å²) in [5.74, 6) is 1.12. The Morgan fingerprint density at radius 3 is 2.50 bits per heavy atom. The Labute approximate surface area is 137 Å². The first-order chi connectivity index (χ1) is 11.5. The first-order valence-corrected chi connectivity index (χ1v) is 7.15. The normalized spacial score (nSPS) is 10.4. The van der Waals surface area contributed by atoms with Crippen LogP contribution in [0.2, 0.25) is 0 Å². The smallest absolute Gasteiger partial charge is 0.267 e. The Morgan fingerprint density at radius 1 is 1.04 bits per heavy atom. The molecule has 0 saturated carbocycles. The summed E-state index contributed by atoms with van der Waals surface area (Å²) >= 11 is 0. The van der Waals surface area contributed by atoms with E-state index in [1.54, 1.807) is 18.2 Å². The number of halogens is 2. The van der Waals surface area contributed by atoms with Gasteiger partial charge in [-0.15, -0.1) is 6.42 Å². The summed E-state index contributed by atoms with van der Waals surface area (Å²) in [5.41, 5.74) is 1.76. The highest BCUT2D eigenvalue weighted by molar-refractivity contribution is 5.58. The van der Waals surface area contributed by atoms with E-state index < -0.39 is 11.6 Å². The third kappa shape index (κ3) is 3.39. The van der Waals surface area contributed by atoms with E-state index in [0.29, 0.717) is 11.3 Å². The second-order valence-corrected chi connectivity index (χ2v) is 5.22. The number of aromatic nitrogens is 2. The van der Waals surface area contributed by atoms with E-state index in [-0.39, 0.29) is 17.7 Å². The molecular weight excluding hydrogens is 310 g/mol. The molecule has 1 heterocycles. The zero-order valence-electron chi connectivity index (χ0n) is 12.5. The maximum Gasteiger partial charge on any atom is 0.267 e. The van der Waals surface area contributed by atoms with Gasteiger partial charge in [0.15, 0.2) is 0 Å². The van der Waals surface area contributed by atoms with Crippen LogP contribution >= 0.6 is 0 Å². The van der Waals surface area contributed by atoms with Crippen LogP contribution in [0.3, 0.4) is 0 Å². The summed E-state index contributed by atoms with van der Waals surface area (Å²) in [6.07, 6.45) is 5.37. The molecule has 0 radical (unpaired) electrons. The summed E-state index contributed by atoms with van der Waals surface area (Å²) in [6, 6.07) is 13.0. The maximum absolute atomic E-state index is 13.4. The van der Waals surface area contributed by atoms with Gasteiger partial charge >= 0.3 is 0 Å². The Morgan fingerprint density at radius 2 is 1.79 bits per heavy atom. The Bertz CT molecular complexity index is 982. The minimum Gasteiger partial charge on any atom is -0.268 e. The van der Waals surface area contributed by atoms with Crippen molar-refractivity contribution >= 4 is 0 Å². The lowest BCUT2D eigenvalue weighted by Gasteiger charge is -2.08. The molecule has 2 aromatic carbocycles. The first kappa shape index (κ1) is 15.6. The fraction of sp³-hybridized carbons (Fsp3) is 0.0526. The molecule has 0 aliphatic heterocycles. The molecule has 0 amide bonds. The highest BCUT2D eigenvalue weighted by Crippen LogP contribution is 2.18. The van der Waals surface area contributed by atoms with Crippen molar-refractivity contribution in [2.75, 3.05) is 0 Å². The van der Waals surface area contributed by atoms with E-state index >= 15 is 0 Å². The quantitative estimate of drug-likeness (QED) is 0.694. The lowest BCUT2D eigenvalue weighted by atomic mass is 10.1. The number of hydrogen-bond acceptors (Lipinski definition) is 2. The van der Waals surface area contributed by atoms with Gasteiger partial charge in [-0.1, -0.05) is 18.1 Å². The van der Waals surface area contributed by atoms with Crippen LogP contribution in [0.5, 0.6) is 0 Å². The van der Waals surface area contributed by atoms with Crippen molar-refractivity contribution in [2.24, 2.45) is 0 Å². The maximum atomic E-state index is 13.4. The predicted molar refractivity (Wildman–Crippen MR) is 87.3 cm³/mol. The number of terminal acetylenes is 1. The lowest BCUT2D eigenvalue weighted by molar-refractivity contribution is 0.583. The minimum atomic E-state index is -0.703. The largest absolute Gasteiger partial charge is 0.268 e. The van der Waals surface area contributed by atoms with Crippen LogP contribution in [-0.4, -0.2) is 9.78 Å². The average Bonchev–Trinajstić information content (AvgIpc) is 2.56. The van der Waals surface area contributed by atoms with Crippen molar-refractivity contribution in [1.82, 2.24) is 9.78 Å². The number of benzene rings is 2. The predicted octanol–water partition coefficient (Wildman–Crippen LogP) is 3.22. The Balaban J connectivity index is 2.00. The fourth-order valence-corrected chi connectivity index (χ4v) is 2.35. The fourth-order valence-electron chi connectivity index (χ4n) is 2.35. The van der Waals surface area contributed by atoms with Gasteiger partial charge in [0, 0.05) is 23.3 Å². The monoisotopic (exact) mass is 322 g/mol. The van der Waals surface area contributed by atoms with Crippen LogP contribution in [0.4, 0.5) is 8.78 Å². The van der Waals surface area contributed by atoms with E-state index in [0.717, 1.165) is 11.6 Å². The van der Waals surface area contributed by atoms with Crippen molar-refractivity contribution < 1.29 is 8.78 Å². The molecule has 0 N–H and O–H groups in total. The minimum absolute atomic E-state index is 0.208. The van der Waals surface area contributed by atoms with Crippen molar-refractivity contribution in [3.63, 3.8) is 0 Å². The van der Waals surface area contributed by atoms with Crippen LogP contribution in [0.25, 0.3) is 11.3 Å². The zero-order chi connectivity index (χ0) is 17.1. The van der Waals surface area contributed by atoms with E-state index in [4.69, 9.17) is 6.42 Å². The summed E-state index contributed by atoms with van der Waals surface area (Å²) in [6.45, 7) is 0.208. The Hall–Kier alpha value is -3.26. The molecule has 0 atom stereocenters. The van der Waals surface area contributed by atoms with E-state index in [1.807, 2.05) is 6.07 Å². The average molecular weight is 322 g/mol. The molecule has 5 heteroatoms. The highest BCUT2D eigenvalue weighted by Gasteiger charge is 2.07. The van der Waals surface area contributed by atoms with Crippen molar-refractivity contribution in [1.29, 1.82) is 0 Å². The number of rotatable bonds is 3. The van der Waals surface area contributed by atoms with Crippen molar-refractivity contribution in [3.05, 3.63) is 87.7 Å². The van der Waals surface area contributed by atoms with Gasteiger partial charge in [0.05, 0.1) is 12.2 Å². The van der Waals surface area contributed by atoms with Crippen LogP contribution < -0.4 is 5.56 Å². The summed E-state index contributed by atoms with van der Waals surface area (Å²) in [5, 5.41) is 4.19. The zero-order valence-corrected chi connectivity index (χ0v) is 12.5. The molecule has 0 saturated heterocycles. The molecule has 0 unspecified atom stereocenters. The topological polar surface area (TPSA) is 34.9 Å². The highest BCUT2D eigenvalue weighted by atomic mass is 19.1. The second-order valence-electron chi connectivity index (χ2n) is 5.22. The van der Waals surface area contributed by atoms with Gasteiger partial charge in [0.25, 0.3) is 5.56 Å². The molecule has 1 aromatic heterocycles. The molecule has 3 rings (SSSR count). The number of hydrogen-bond donors (Lipinski definition) is 0. The van der Waals surface area contributed by atoms with E-state index in [1.165, 1.54) is 28.9 Å². The standard InChI is InChI=1S/C19H12F2N2O/c1-2-13-4-3-5-14(8-13)12-23-19(24)7-6-18(22-23)15-9-16(20)11-17(21)10-15/h1,3-11H,12H2. The molecule has 3 aromatic rings. The first-order valence-electron chi connectivity index (χ1n) is 7.15. The van der Waals surface area contributed by atoms with Crippen molar-refractivity contribution in [2.45, 2.75) is 6.54 Å². The summed E-state index contributed by atoms with van der Waals surface area (Å²) in [4.78, 5) is 12.0. The van der Waals surface area contributed by atoms with Crippen LogP contribution in [0.15, 0.2) is 59.4 Å². The molecule has 118 valence electrons. The third-order valence-corrected chi connectivity index (χ3v) is 3.45. The molecule has 0 fully saturated rings. The van der Waals surface area contributed by atoms with Gasteiger partial charge in [0.2, 0.25) is 0 Å². The van der Waals surface area contributed by atoms with Gasteiger partial charge in [-0.25, -0.2) is 13.5 Å². The molecule has 0 spiro atoms. The Kier molecular flexibility index (Phi) is 4.21. The summed E-state index contributed by atoms with van der Waals surface area (Å²) in [7, 11) is 0. The van der Waals surface area contributed by atoms with Crippen molar-refractivity contribution in [3.8, 4) is 23.6 Å². The van der Waals surface area contributed by atoms with Crippen LogP contribution in [-0.2, 0) is 6.54 Å². The van der Waals surface area contributed by atoms with Gasteiger partial charge < -0.3 is 0 Å².